The molecule has 2 aromatic heterocycles. The summed E-state index contributed by atoms with van der Waals surface area (Å²) in [6, 6.07) is 12.0. The molecule has 2 aromatic carbocycles. The number of carbonyl (C=O) groups excluding carboxylic acids is 1. The zero-order valence-electron chi connectivity index (χ0n) is 25.0. The van der Waals surface area contributed by atoms with Crippen LogP contribution in [-0.4, -0.2) is 59.4 Å². The number of aromatic nitrogens is 3. The molecule has 2 atom stereocenters. The fraction of sp³-hybridized carbons (Fsp3) is 0.323. The smallest absolute Gasteiger partial charge is 0.387 e. The van der Waals surface area contributed by atoms with Crippen LogP contribution in [-0.2, 0) is 26.0 Å². The summed E-state index contributed by atoms with van der Waals surface area (Å²) in [6.45, 7) is -2.78. The summed E-state index contributed by atoms with van der Waals surface area (Å²) < 4.78 is 73.4. The minimum atomic E-state index is -4.13. The first-order valence-corrected chi connectivity index (χ1v) is 18.0. The molecule has 2 fully saturated rings. The van der Waals surface area contributed by atoms with Crippen molar-refractivity contribution in [2.24, 2.45) is 5.92 Å². The highest BCUT2D eigenvalue weighted by atomic mass is 35.5. The van der Waals surface area contributed by atoms with Gasteiger partial charge in [-0.15, -0.1) is 11.8 Å². The van der Waals surface area contributed by atoms with Crippen LogP contribution in [0.2, 0.25) is 10.0 Å². The predicted octanol–water partition coefficient (Wildman–Crippen LogP) is 5.79. The van der Waals surface area contributed by atoms with Gasteiger partial charge in [-0.05, 0) is 66.8 Å². The topological polar surface area (TPSA) is 127 Å². The third-order valence-electron chi connectivity index (χ3n) is 7.70. The number of carbonyl (C=O) groups is 1. The van der Waals surface area contributed by atoms with Crippen molar-refractivity contribution in [1.82, 2.24) is 14.1 Å². The molecule has 2 unspecified atom stereocenters. The highest BCUT2D eigenvalue weighted by molar-refractivity contribution is 8.02. The lowest BCUT2D eigenvalue weighted by Crippen LogP contribution is -2.40. The van der Waals surface area contributed by atoms with E-state index in [2.05, 4.69) is 9.84 Å². The molecule has 1 saturated carbocycles. The molecule has 254 valence electrons. The molecule has 0 bridgehead atoms. The van der Waals surface area contributed by atoms with Crippen LogP contribution in [0.4, 0.5) is 8.78 Å². The SMILES string of the molecule is O=C(OC(Cc1c(Cl)c[n+]([O-])cc1Cl)c1ccc(OC(F)F)c(OCC2CC2)c1)C1SCCN1S(=O)(=O)c1ccc(-n2cccn2)cc1. The quantitative estimate of drug-likeness (QED) is 0.0951. The van der Waals surface area contributed by atoms with E-state index in [9.17, 15) is 27.2 Å². The van der Waals surface area contributed by atoms with Crippen molar-refractivity contribution in [1.29, 1.82) is 0 Å². The lowest BCUT2D eigenvalue weighted by Gasteiger charge is -2.26. The Bertz CT molecular complexity index is 1860. The number of esters is 1. The van der Waals surface area contributed by atoms with Gasteiger partial charge in [-0.1, -0.05) is 29.3 Å². The number of halogens is 4. The third-order valence-corrected chi connectivity index (χ3v) is 11.5. The number of rotatable bonds is 13. The normalized spacial score (nSPS) is 17.4. The summed E-state index contributed by atoms with van der Waals surface area (Å²) in [6.07, 6.45) is 6.10. The second kappa shape index (κ2) is 14.5. The molecule has 0 radical (unpaired) electrons. The van der Waals surface area contributed by atoms with Gasteiger partial charge in [0.2, 0.25) is 10.0 Å². The second-order valence-electron chi connectivity index (χ2n) is 11.0. The number of ether oxygens (including phenoxy) is 3. The van der Waals surface area contributed by atoms with Gasteiger partial charge >= 0.3 is 12.6 Å². The Morgan fingerprint density at radius 2 is 1.83 bits per heavy atom. The van der Waals surface area contributed by atoms with Crippen molar-refractivity contribution < 1.29 is 40.9 Å². The van der Waals surface area contributed by atoms with E-state index in [4.69, 9.17) is 32.7 Å². The van der Waals surface area contributed by atoms with Crippen LogP contribution in [0, 0.1) is 11.1 Å². The molecule has 1 aliphatic heterocycles. The van der Waals surface area contributed by atoms with Crippen molar-refractivity contribution in [2.75, 3.05) is 18.9 Å². The number of sulfonamides is 1. The number of pyridine rings is 1. The molecule has 0 N–H and O–H groups in total. The Labute approximate surface area is 288 Å². The fourth-order valence-corrected chi connectivity index (χ4v) is 8.72. The maximum Gasteiger partial charge on any atom is 0.387 e. The highest BCUT2D eigenvalue weighted by Crippen LogP contribution is 2.39. The van der Waals surface area contributed by atoms with E-state index in [0.717, 1.165) is 41.3 Å². The number of benzene rings is 2. The molecule has 3 heterocycles. The number of hydrogen-bond acceptors (Lipinski definition) is 9. The summed E-state index contributed by atoms with van der Waals surface area (Å²) in [5, 5.41) is 14.8. The summed E-state index contributed by atoms with van der Waals surface area (Å²) in [7, 11) is -4.13. The van der Waals surface area contributed by atoms with E-state index < -0.39 is 34.1 Å². The largest absolute Gasteiger partial charge is 0.619 e. The van der Waals surface area contributed by atoms with Gasteiger partial charge in [0.1, 0.15) is 16.1 Å². The van der Waals surface area contributed by atoms with Gasteiger partial charge in [0.25, 0.3) is 0 Å². The van der Waals surface area contributed by atoms with Crippen LogP contribution in [0.15, 0.2) is 78.2 Å². The predicted molar refractivity (Wildman–Crippen MR) is 173 cm³/mol. The van der Waals surface area contributed by atoms with E-state index in [0.29, 0.717) is 21.7 Å². The summed E-state index contributed by atoms with van der Waals surface area (Å²) >= 11 is 13.8. The van der Waals surface area contributed by atoms with Crippen LogP contribution in [0.3, 0.4) is 0 Å². The fourth-order valence-electron chi connectivity index (χ4n) is 5.07. The number of alkyl halides is 2. The van der Waals surface area contributed by atoms with E-state index in [1.807, 2.05) is 0 Å². The molecular weight excluding hydrogens is 713 g/mol. The molecule has 6 rings (SSSR count). The first-order chi connectivity index (χ1) is 23.0. The Morgan fingerprint density at radius 1 is 1.10 bits per heavy atom. The molecule has 1 aliphatic carbocycles. The van der Waals surface area contributed by atoms with Gasteiger partial charge in [0.05, 0.1) is 17.2 Å². The van der Waals surface area contributed by atoms with Crippen LogP contribution in [0.5, 0.6) is 11.5 Å². The minimum absolute atomic E-state index is 0.000543. The molecule has 11 nitrogen and oxygen atoms in total. The Kier molecular flexibility index (Phi) is 10.3. The molecular formula is C31H28Cl2F2N4O7S2. The van der Waals surface area contributed by atoms with Gasteiger partial charge < -0.3 is 19.4 Å². The van der Waals surface area contributed by atoms with E-state index in [1.165, 1.54) is 30.3 Å². The third kappa shape index (κ3) is 7.81. The molecule has 17 heteroatoms. The molecule has 0 spiro atoms. The first-order valence-electron chi connectivity index (χ1n) is 14.7. The van der Waals surface area contributed by atoms with E-state index >= 15 is 0 Å². The maximum absolute atomic E-state index is 13.8. The maximum atomic E-state index is 13.8. The number of thioether (sulfide) groups is 1. The van der Waals surface area contributed by atoms with Crippen LogP contribution in [0.1, 0.15) is 30.1 Å². The average molecular weight is 742 g/mol. The van der Waals surface area contributed by atoms with Crippen molar-refractivity contribution in [3.05, 3.63) is 99.7 Å². The highest BCUT2D eigenvalue weighted by Gasteiger charge is 2.42. The first kappa shape index (κ1) is 34.2. The molecule has 4 aromatic rings. The summed E-state index contributed by atoms with van der Waals surface area (Å²) in [4.78, 5) is 13.8. The zero-order valence-corrected chi connectivity index (χ0v) is 28.1. The standard InChI is InChI=1S/C31H28Cl2F2N4O7S2/c32-24-16-37(41)17-25(33)23(24)15-27(20-4-9-26(46-31(34)35)28(14-20)44-18-19-2-3-19)45-30(40)29-39(12-13-47-29)48(42,43)22-7-5-21(6-8-22)38-11-1-10-36-38/h1,4-11,14,16-17,19,27,29,31H,2-3,12-13,15,18H2. The van der Waals surface area contributed by atoms with Gasteiger partial charge in [0, 0.05) is 36.7 Å². The number of hydrogen-bond donors (Lipinski definition) is 0. The van der Waals surface area contributed by atoms with E-state index in [-0.39, 0.29) is 57.5 Å². The van der Waals surface area contributed by atoms with Gasteiger partial charge in [-0.25, -0.2) is 17.9 Å². The van der Waals surface area contributed by atoms with Crippen molar-refractivity contribution in [2.45, 2.75) is 42.2 Å². The van der Waals surface area contributed by atoms with Gasteiger partial charge in [-0.3, -0.25) is 0 Å². The lowest BCUT2D eigenvalue weighted by atomic mass is 10.0. The van der Waals surface area contributed by atoms with Crippen molar-refractivity contribution >= 4 is 51.0 Å². The second-order valence-corrected chi connectivity index (χ2v) is 14.9. The molecule has 1 saturated heterocycles. The Balaban J connectivity index is 1.29. The van der Waals surface area contributed by atoms with Crippen LogP contribution in [0.25, 0.3) is 5.69 Å². The molecule has 48 heavy (non-hydrogen) atoms. The monoisotopic (exact) mass is 740 g/mol. The Hall–Kier alpha value is -3.63. The zero-order chi connectivity index (χ0) is 34.0. The van der Waals surface area contributed by atoms with Crippen LogP contribution < -0.4 is 14.2 Å². The van der Waals surface area contributed by atoms with Gasteiger partial charge in [0.15, 0.2) is 29.3 Å². The average Bonchev–Trinajstić information content (AvgIpc) is 3.46. The van der Waals surface area contributed by atoms with Crippen molar-refractivity contribution in [3.8, 4) is 17.2 Å². The minimum Gasteiger partial charge on any atom is -0.619 e. The number of nitrogens with zero attached hydrogens (tertiary/aromatic N) is 4. The van der Waals surface area contributed by atoms with Crippen molar-refractivity contribution in [3.63, 3.8) is 0 Å². The van der Waals surface area contributed by atoms with Crippen LogP contribution >= 0.6 is 35.0 Å². The Morgan fingerprint density at radius 3 is 2.48 bits per heavy atom. The molecule has 0 amide bonds. The van der Waals surface area contributed by atoms with Gasteiger partial charge in [-0.2, -0.15) is 22.9 Å². The lowest BCUT2D eigenvalue weighted by molar-refractivity contribution is -0.605. The summed E-state index contributed by atoms with van der Waals surface area (Å²) in [5.41, 5.74) is 1.24. The summed E-state index contributed by atoms with van der Waals surface area (Å²) in [5.74, 6) is -0.439. The molecule has 2 aliphatic rings. The van der Waals surface area contributed by atoms with E-state index in [1.54, 1.807) is 35.3 Å².